The first kappa shape index (κ1) is 13.3. The van der Waals surface area contributed by atoms with Gasteiger partial charge in [0, 0.05) is 26.7 Å². The van der Waals surface area contributed by atoms with Gasteiger partial charge in [-0.15, -0.1) is 0 Å². The number of aryl methyl sites for hydroxylation is 1. The number of nitrogens with zero attached hydrogens (tertiary/aromatic N) is 3. The summed E-state index contributed by atoms with van der Waals surface area (Å²) in [5.74, 6) is 2.59. The van der Waals surface area contributed by atoms with Crippen LogP contribution in [0.5, 0.6) is 0 Å². The second kappa shape index (κ2) is 6.18. The Labute approximate surface area is 114 Å². The van der Waals surface area contributed by atoms with Crippen molar-refractivity contribution in [3.05, 3.63) is 47.8 Å². The molecule has 0 aliphatic heterocycles. The Morgan fingerprint density at radius 1 is 1.16 bits per heavy atom. The number of likely N-dealkylation sites (N-methyl/N-ethyl adjacent to an activating group) is 1. The molecule has 1 aromatic carbocycles. The third-order valence-corrected chi connectivity index (χ3v) is 3.05. The highest BCUT2D eigenvalue weighted by molar-refractivity contribution is 5.48. The summed E-state index contributed by atoms with van der Waals surface area (Å²) < 4.78 is 0. The van der Waals surface area contributed by atoms with Gasteiger partial charge in [0.2, 0.25) is 0 Å². The van der Waals surface area contributed by atoms with E-state index in [9.17, 15) is 0 Å². The first-order valence-corrected chi connectivity index (χ1v) is 6.47. The van der Waals surface area contributed by atoms with Crippen LogP contribution in [0.15, 0.2) is 36.4 Å². The van der Waals surface area contributed by atoms with Crippen molar-refractivity contribution in [1.82, 2.24) is 9.97 Å². The van der Waals surface area contributed by atoms with Gasteiger partial charge in [0.15, 0.2) is 0 Å². The minimum atomic E-state index is 0.786. The van der Waals surface area contributed by atoms with Crippen molar-refractivity contribution in [2.45, 2.75) is 13.3 Å². The second-order valence-electron chi connectivity index (χ2n) is 4.57. The molecule has 2 aromatic rings. The Morgan fingerprint density at radius 2 is 1.89 bits per heavy atom. The first-order valence-electron chi connectivity index (χ1n) is 6.47. The molecule has 0 aliphatic carbocycles. The van der Waals surface area contributed by atoms with Crippen LogP contribution in [0, 0.1) is 6.92 Å². The molecule has 4 nitrogen and oxygen atoms in total. The van der Waals surface area contributed by atoms with Crippen molar-refractivity contribution in [3.8, 4) is 0 Å². The van der Waals surface area contributed by atoms with Gasteiger partial charge in [-0.2, -0.15) is 0 Å². The number of rotatable bonds is 5. The van der Waals surface area contributed by atoms with Gasteiger partial charge in [-0.05, 0) is 18.9 Å². The minimum absolute atomic E-state index is 0.786. The van der Waals surface area contributed by atoms with Gasteiger partial charge in [0.1, 0.15) is 17.5 Å². The SMILES string of the molecule is CNc1cc(N(C)CCc2ccccc2)nc(C)n1. The molecule has 100 valence electrons. The fourth-order valence-corrected chi connectivity index (χ4v) is 1.93. The fourth-order valence-electron chi connectivity index (χ4n) is 1.93. The molecule has 0 unspecified atom stereocenters. The van der Waals surface area contributed by atoms with E-state index in [1.54, 1.807) is 0 Å². The van der Waals surface area contributed by atoms with Crippen molar-refractivity contribution in [2.24, 2.45) is 0 Å². The van der Waals surface area contributed by atoms with Gasteiger partial charge in [-0.3, -0.25) is 0 Å². The number of nitrogens with one attached hydrogen (secondary N) is 1. The zero-order chi connectivity index (χ0) is 13.7. The molecule has 0 spiro atoms. The van der Waals surface area contributed by atoms with Gasteiger partial charge < -0.3 is 10.2 Å². The Kier molecular flexibility index (Phi) is 4.34. The molecule has 0 amide bonds. The number of anilines is 2. The Bertz CT molecular complexity index is 525. The molecule has 0 bridgehead atoms. The van der Waals surface area contributed by atoms with Crippen molar-refractivity contribution in [2.75, 3.05) is 30.9 Å². The van der Waals surface area contributed by atoms with Crippen LogP contribution in [0.1, 0.15) is 11.4 Å². The average Bonchev–Trinajstić information content (AvgIpc) is 2.45. The van der Waals surface area contributed by atoms with Crippen LogP contribution in [-0.4, -0.2) is 30.6 Å². The standard InChI is InChI=1S/C15H20N4/c1-12-17-14(16-2)11-15(18-12)19(3)10-9-13-7-5-4-6-8-13/h4-8,11H,9-10H2,1-3H3,(H,16,17,18). The third kappa shape index (κ3) is 3.68. The van der Waals surface area contributed by atoms with Crippen LogP contribution >= 0.6 is 0 Å². The molecule has 2 rings (SSSR count). The van der Waals surface area contributed by atoms with Gasteiger partial charge in [-0.1, -0.05) is 30.3 Å². The maximum Gasteiger partial charge on any atom is 0.134 e. The van der Waals surface area contributed by atoms with Crippen LogP contribution < -0.4 is 10.2 Å². The highest BCUT2D eigenvalue weighted by Crippen LogP contribution is 2.14. The molecule has 0 atom stereocenters. The van der Waals surface area contributed by atoms with Crippen LogP contribution in [-0.2, 0) is 6.42 Å². The summed E-state index contributed by atoms with van der Waals surface area (Å²) in [6.07, 6.45) is 1.01. The van der Waals surface area contributed by atoms with E-state index in [1.807, 2.05) is 26.1 Å². The molecule has 19 heavy (non-hydrogen) atoms. The molecule has 4 heteroatoms. The summed E-state index contributed by atoms with van der Waals surface area (Å²) in [6, 6.07) is 12.5. The number of hydrogen-bond acceptors (Lipinski definition) is 4. The average molecular weight is 256 g/mol. The lowest BCUT2D eigenvalue weighted by Gasteiger charge is -2.19. The number of benzene rings is 1. The molecule has 0 radical (unpaired) electrons. The summed E-state index contributed by atoms with van der Waals surface area (Å²) in [6.45, 7) is 2.85. The first-order chi connectivity index (χ1) is 9.19. The maximum absolute atomic E-state index is 4.47. The lowest BCUT2D eigenvalue weighted by Crippen LogP contribution is -2.22. The molecule has 1 aromatic heterocycles. The summed E-state index contributed by atoms with van der Waals surface area (Å²) in [7, 11) is 3.93. The number of aromatic nitrogens is 2. The van der Waals surface area contributed by atoms with E-state index in [-0.39, 0.29) is 0 Å². The highest BCUT2D eigenvalue weighted by Gasteiger charge is 2.06. The largest absolute Gasteiger partial charge is 0.373 e. The molecular formula is C15H20N4. The lowest BCUT2D eigenvalue weighted by molar-refractivity contribution is 0.849. The fraction of sp³-hybridized carbons (Fsp3) is 0.333. The van der Waals surface area contributed by atoms with Crippen LogP contribution in [0.25, 0.3) is 0 Å². The number of hydrogen-bond donors (Lipinski definition) is 1. The molecule has 0 fully saturated rings. The highest BCUT2D eigenvalue weighted by atomic mass is 15.2. The predicted octanol–water partition coefficient (Wildman–Crippen LogP) is 2.51. The van der Waals surface area contributed by atoms with Gasteiger partial charge in [-0.25, -0.2) is 9.97 Å². The Hall–Kier alpha value is -2.10. The van der Waals surface area contributed by atoms with E-state index < -0.39 is 0 Å². The molecule has 1 heterocycles. The van der Waals surface area contributed by atoms with Crippen molar-refractivity contribution in [3.63, 3.8) is 0 Å². The molecule has 0 saturated carbocycles. The maximum atomic E-state index is 4.47. The van der Waals surface area contributed by atoms with E-state index in [0.717, 1.165) is 30.4 Å². The van der Waals surface area contributed by atoms with Crippen LogP contribution in [0.3, 0.4) is 0 Å². The van der Waals surface area contributed by atoms with Crippen molar-refractivity contribution in [1.29, 1.82) is 0 Å². The van der Waals surface area contributed by atoms with Crippen LogP contribution in [0.4, 0.5) is 11.6 Å². The van der Waals surface area contributed by atoms with E-state index >= 15 is 0 Å². The van der Waals surface area contributed by atoms with Gasteiger partial charge in [0.05, 0.1) is 0 Å². The Balaban J connectivity index is 2.03. The van der Waals surface area contributed by atoms with E-state index in [2.05, 4.69) is 51.5 Å². The summed E-state index contributed by atoms with van der Waals surface area (Å²) >= 11 is 0. The normalized spacial score (nSPS) is 10.3. The zero-order valence-corrected chi connectivity index (χ0v) is 11.7. The minimum Gasteiger partial charge on any atom is -0.373 e. The van der Waals surface area contributed by atoms with E-state index in [0.29, 0.717) is 0 Å². The second-order valence-corrected chi connectivity index (χ2v) is 4.57. The van der Waals surface area contributed by atoms with Crippen LogP contribution in [0.2, 0.25) is 0 Å². The zero-order valence-electron chi connectivity index (χ0n) is 11.7. The lowest BCUT2D eigenvalue weighted by atomic mass is 10.1. The van der Waals surface area contributed by atoms with E-state index in [1.165, 1.54) is 5.56 Å². The van der Waals surface area contributed by atoms with Crippen molar-refractivity contribution < 1.29 is 0 Å². The molecule has 0 aliphatic rings. The Morgan fingerprint density at radius 3 is 2.58 bits per heavy atom. The molecule has 1 N–H and O–H groups in total. The molecular weight excluding hydrogens is 236 g/mol. The van der Waals surface area contributed by atoms with Crippen molar-refractivity contribution >= 4 is 11.6 Å². The predicted molar refractivity (Wildman–Crippen MR) is 79.7 cm³/mol. The van der Waals surface area contributed by atoms with Gasteiger partial charge in [0.25, 0.3) is 0 Å². The monoisotopic (exact) mass is 256 g/mol. The summed E-state index contributed by atoms with van der Waals surface area (Å²) in [5.41, 5.74) is 1.34. The third-order valence-electron chi connectivity index (χ3n) is 3.05. The summed E-state index contributed by atoms with van der Waals surface area (Å²) in [4.78, 5) is 10.9. The smallest absolute Gasteiger partial charge is 0.134 e. The topological polar surface area (TPSA) is 41.0 Å². The summed E-state index contributed by atoms with van der Waals surface area (Å²) in [5, 5.41) is 3.06. The van der Waals surface area contributed by atoms with Gasteiger partial charge >= 0.3 is 0 Å². The molecule has 0 saturated heterocycles. The quantitative estimate of drug-likeness (QED) is 0.892. The van der Waals surface area contributed by atoms with E-state index in [4.69, 9.17) is 0 Å².